The fourth-order valence-electron chi connectivity index (χ4n) is 4.07. The predicted molar refractivity (Wildman–Crippen MR) is 96.4 cm³/mol. The normalized spacial score (nSPS) is 21.0. The Morgan fingerprint density at radius 1 is 0.885 bits per heavy atom. The van der Waals surface area contributed by atoms with Gasteiger partial charge in [-0.3, -0.25) is 0 Å². The number of benzene rings is 2. The summed E-state index contributed by atoms with van der Waals surface area (Å²) in [6.45, 7) is 2.23. The topological polar surface area (TPSA) is 0 Å². The molecular weight excluding hydrogens is 340 g/mol. The molecule has 0 nitrogen and oxygen atoms in total. The average Bonchev–Trinajstić information content (AvgIpc) is 2.62. The van der Waals surface area contributed by atoms with Gasteiger partial charge in [0.1, 0.15) is 5.82 Å². The van der Waals surface area contributed by atoms with Crippen LogP contribution in [0, 0.1) is 11.7 Å². The first kappa shape index (κ1) is 18.9. The average molecular weight is 364 g/mol. The van der Waals surface area contributed by atoms with E-state index in [0.717, 1.165) is 23.6 Å². The van der Waals surface area contributed by atoms with Crippen molar-refractivity contribution in [1.29, 1.82) is 0 Å². The van der Waals surface area contributed by atoms with Gasteiger partial charge in [0.25, 0.3) is 0 Å². The Balaban J connectivity index is 1.71. The van der Waals surface area contributed by atoms with Crippen LogP contribution < -0.4 is 0 Å². The van der Waals surface area contributed by atoms with Crippen LogP contribution in [-0.4, -0.2) is 0 Å². The summed E-state index contributed by atoms with van der Waals surface area (Å²) in [6.07, 6.45) is 2.81. The van der Waals surface area contributed by atoms with E-state index in [1.165, 1.54) is 50.2 Å². The molecular formula is C22H24F4. The number of alkyl halides is 3. The maximum atomic E-state index is 13.8. The number of hydrogen-bond donors (Lipinski definition) is 0. The van der Waals surface area contributed by atoms with Crippen molar-refractivity contribution in [2.75, 3.05) is 0 Å². The van der Waals surface area contributed by atoms with Gasteiger partial charge in [0, 0.05) is 0 Å². The first-order chi connectivity index (χ1) is 12.4. The van der Waals surface area contributed by atoms with Crippen LogP contribution in [0.4, 0.5) is 17.6 Å². The number of rotatable bonds is 4. The summed E-state index contributed by atoms with van der Waals surface area (Å²) in [5, 5.41) is 0. The van der Waals surface area contributed by atoms with Crippen LogP contribution in [0.2, 0.25) is 0 Å². The third kappa shape index (κ3) is 4.28. The Morgan fingerprint density at radius 3 is 2.04 bits per heavy atom. The molecule has 0 aromatic heterocycles. The highest BCUT2D eigenvalue weighted by Gasteiger charge is 2.34. The van der Waals surface area contributed by atoms with E-state index in [1.54, 1.807) is 0 Å². The summed E-state index contributed by atoms with van der Waals surface area (Å²) in [5.74, 6) is 0.181. The van der Waals surface area contributed by atoms with E-state index in [0.29, 0.717) is 11.5 Å². The predicted octanol–water partition coefficient (Wildman–Crippen LogP) is 7.59. The van der Waals surface area contributed by atoms with Crippen molar-refractivity contribution < 1.29 is 17.6 Å². The van der Waals surface area contributed by atoms with Gasteiger partial charge < -0.3 is 0 Å². The van der Waals surface area contributed by atoms with E-state index in [4.69, 9.17) is 0 Å². The smallest absolute Gasteiger partial charge is 0.206 e. The van der Waals surface area contributed by atoms with Gasteiger partial charge in [-0.05, 0) is 66.3 Å². The van der Waals surface area contributed by atoms with Crippen LogP contribution in [-0.2, 0) is 6.18 Å². The van der Waals surface area contributed by atoms with E-state index in [9.17, 15) is 17.6 Å². The number of halogens is 4. The monoisotopic (exact) mass is 364 g/mol. The third-order valence-electron chi connectivity index (χ3n) is 5.53. The quantitative estimate of drug-likeness (QED) is 0.490. The van der Waals surface area contributed by atoms with Crippen molar-refractivity contribution in [3.05, 3.63) is 59.4 Å². The molecule has 0 saturated heterocycles. The first-order valence-electron chi connectivity index (χ1n) is 9.35. The van der Waals surface area contributed by atoms with E-state index in [-0.39, 0.29) is 0 Å². The fourth-order valence-corrected chi connectivity index (χ4v) is 4.07. The highest BCUT2D eigenvalue weighted by molar-refractivity contribution is 5.64. The van der Waals surface area contributed by atoms with Crippen LogP contribution in [0.3, 0.4) is 0 Å². The molecule has 1 aliphatic carbocycles. The second kappa shape index (κ2) is 7.81. The molecule has 0 spiro atoms. The molecule has 1 aliphatic rings. The summed E-state index contributed by atoms with van der Waals surface area (Å²) in [5.41, 5.74) is 1.26. The molecule has 0 bridgehead atoms. The maximum Gasteiger partial charge on any atom is 0.419 e. The SMILES string of the molecule is CCCC1CCC(c2ccc(-c3ccc(C(F)(F)F)c(F)c3)cc2)CC1. The first-order valence-corrected chi connectivity index (χ1v) is 9.35. The second-order valence-corrected chi connectivity index (χ2v) is 7.32. The molecule has 0 radical (unpaired) electrons. The summed E-state index contributed by atoms with van der Waals surface area (Å²) in [4.78, 5) is 0. The van der Waals surface area contributed by atoms with Crippen molar-refractivity contribution in [3.8, 4) is 11.1 Å². The zero-order valence-electron chi connectivity index (χ0n) is 15.0. The maximum absolute atomic E-state index is 13.8. The molecule has 0 heterocycles. The van der Waals surface area contributed by atoms with Gasteiger partial charge in [-0.2, -0.15) is 13.2 Å². The Kier molecular flexibility index (Phi) is 5.69. The van der Waals surface area contributed by atoms with Gasteiger partial charge in [0.15, 0.2) is 0 Å². The van der Waals surface area contributed by atoms with Crippen LogP contribution in [0.5, 0.6) is 0 Å². The van der Waals surface area contributed by atoms with Gasteiger partial charge in [-0.25, -0.2) is 4.39 Å². The van der Waals surface area contributed by atoms with Crippen molar-refractivity contribution in [2.24, 2.45) is 5.92 Å². The Bertz CT molecular complexity index is 723. The Labute approximate surface area is 152 Å². The largest absolute Gasteiger partial charge is 0.419 e. The molecule has 1 saturated carbocycles. The minimum atomic E-state index is -4.66. The molecule has 3 rings (SSSR count). The minimum absolute atomic E-state index is 0.466. The molecule has 4 heteroatoms. The lowest BCUT2D eigenvalue weighted by atomic mass is 9.77. The van der Waals surface area contributed by atoms with E-state index in [2.05, 4.69) is 6.92 Å². The van der Waals surface area contributed by atoms with Crippen LogP contribution in [0.1, 0.15) is 62.5 Å². The summed E-state index contributed by atoms with van der Waals surface area (Å²) in [6, 6.07) is 11.0. The molecule has 2 aromatic rings. The van der Waals surface area contributed by atoms with Gasteiger partial charge >= 0.3 is 6.18 Å². The molecule has 140 valence electrons. The minimum Gasteiger partial charge on any atom is -0.206 e. The van der Waals surface area contributed by atoms with E-state index in [1.807, 2.05) is 24.3 Å². The summed E-state index contributed by atoms with van der Waals surface area (Å²) in [7, 11) is 0. The van der Waals surface area contributed by atoms with Gasteiger partial charge in [-0.15, -0.1) is 0 Å². The zero-order chi connectivity index (χ0) is 18.7. The standard InChI is InChI=1S/C22H24F4/c1-2-3-15-4-6-16(7-5-15)17-8-10-18(11-9-17)19-12-13-20(21(23)14-19)22(24,25)26/h8-16H,2-7H2,1H3. The summed E-state index contributed by atoms with van der Waals surface area (Å²) < 4.78 is 51.8. The van der Waals surface area contributed by atoms with E-state index < -0.39 is 17.6 Å². The molecule has 0 aliphatic heterocycles. The second-order valence-electron chi connectivity index (χ2n) is 7.32. The van der Waals surface area contributed by atoms with Crippen molar-refractivity contribution in [1.82, 2.24) is 0 Å². The molecule has 0 amide bonds. The van der Waals surface area contributed by atoms with Crippen molar-refractivity contribution in [3.63, 3.8) is 0 Å². The van der Waals surface area contributed by atoms with E-state index >= 15 is 0 Å². The Morgan fingerprint density at radius 2 is 1.50 bits per heavy atom. The highest BCUT2D eigenvalue weighted by atomic mass is 19.4. The van der Waals surface area contributed by atoms with Gasteiger partial charge in [-0.1, -0.05) is 50.1 Å². The molecule has 0 atom stereocenters. The number of hydrogen-bond acceptors (Lipinski definition) is 0. The lowest BCUT2D eigenvalue weighted by Gasteiger charge is -2.28. The Hall–Kier alpha value is -1.84. The van der Waals surface area contributed by atoms with Crippen LogP contribution >= 0.6 is 0 Å². The lowest BCUT2D eigenvalue weighted by Crippen LogP contribution is -2.13. The lowest BCUT2D eigenvalue weighted by molar-refractivity contribution is -0.139. The molecule has 0 unspecified atom stereocenters. The molecule has 26 heavy (non-hydrogen) atoms. The zero-order valence-corrected chi connectivity index (χ0v) is 15.0. The van der Waals surface area contributed by atoms with Crippen molar-refractivity contribution in [2.45, 2.75) is 57.5 Å². The fraction of sp³-hybridized carbons (Fsp3) is 0.455. The van der Waals surface area contributed by atoms with Crippen LogP contribution in [0.25, 0.3) is 11.1 Å². The third-order valence-corrected chi connectivity index (χ3v) is 5.53. The molecule has 0 N–H and O–H groups in total. The molecule has 2 aromatic carbocycles. The van der Waals surface area contributed by atoms with Gasteiger partial charge in [0.2, 0.25) is 0 Å². The van der Waals surface area contributed by atoms with Gasteiger partial charge in [0.05, 0.1) is 5.56 Å². The van der Waals surface area contributed by atoms with Crippen LogP contribution in [0.15, 0.2) is 42.5 Å². The summed E-state index contributed by atoms with van der Waals surface area (Å²) >= 11 is 0. The molecule has 1 fully saturated rings. The van der Waals surface area contributed by atoms with Crippen molar-refractivity contribution >= 4 is 0 Å². The highest BCUT2D eigenvalue weighted by Crippen LogP contribution is 2.38.